The molecule has 1 aromatic rings. The van der Waals surface area contributed by atoms with Gasteiger partial charge in [-0.3, -0.25) is 14.6 Å². The van der Waals surface area contributed by atoms with E-state index in [4.69, 9.17) is 9.84 Å². The van der Waals surface area contributed by atoms with Crippen molar-refractivity contribution in [2.45, 2.75) is 13.3 Å². The normalized spacial score (nSPS) is 21.8. The van der Waals surface area contributed by atoms with Crippen molar-refractivity contribution in [3.63, 3.8) is 0 Å². The fourth-order valence-electron chi connectivity index (χ4n) is 2.39. The molecule has 20 heavy (non-hydrogen) atoms. The van der Waals surface area contributed by atoms with Crippen LogP contribution in [0.5, 0.6) is 5.75 Å². The number of carboxylic acids is 1. The predicted octanol–water partition coefficient (Wildman–Crippen LogP) is 0.812. The van der Waals surface area contributed by atoms with Crippen LogP contribution < -0.4 is 4.74 Å². The van der Waals surface area contributed by atoms with Crippen LogP contribution >= 0.6 is 0 Å². The first kappa shape index (κ1) is 14.3. The lowest BCUT2D eigenvalue weighted by molar-refractivity contribution is -0.142. The first-order valence-corrected chi connectivity index (χ1v) is 6.50. The van der Waals surface area contributed by atoms with E-state index in [1.165, 1.54) is 0 Å². The third kappa shape index (κ3) is 3.07. The van der Waals surface area contributed by atoms with Gasteiger partial charge in [0, 0.05) is 18.8 Å². The van der Waals surface area contributed by atoms with Crippen LogP contribution in [0, 0.1) is 11.8 Å². The Hall–Kier alpha value is -2.11. The molecule has 6 nitrogen and oxygen atoms in total. The van der Waals surface area contributed by atoms with Crippen LogP contribution in [0.1, 0.15) is 12.6 Å². The predicted molar refractivity (Wildman–Crippen MR) is 71.4 cm³/mol. The fourth-order valence-corrected chi connectivity index (χ4v) is 2.39. The summed E-state index contributed by atoms with van der Waals surface area (Å²) in [6.45, 7) is 2.63. The molecule has 2 atom stereocenters. The molecule has 1 aliphatic heterocycles. The molecule has 1 aromatic heterocycles. The Morgan fingerprint density at radius 2 is 2.20 bits per heavy atom. The van der Waals surface area contributed by atoms with Crippen molar-refractivity contribution >= 4 is 11.9 Å². The van der Waals surface area contributed by atoms with Crippen molar-refractivity contribution in [3.05, 3.63) is 24.0 Å². The van der Waals surface area contributed by atoms with Gasteiger partial charge >= 0.3 is 5.97 Å². The second-order valence-electron chi connectivity index (χ2n) is 5.09. The SMILES string of the molecule is COc1ccc(CC(=O)N2C[C@@H](C)[C@H](C(=O)O)C2)nc1. The number of aromatic nitrogens is 1. The lowest BCUT2D eigenvalue weighted by atomic mass is 9.99. The Balaban J connectivity index is 1.96. The summed E-state index contributed by atoms with van der Waals surface area (Å²) in [5, 5.41) is 9.07. The summed E-state index contributed by atoms with van der Waals surface area (Å²) in [7, 11) is 1.56. The maximum Gasteiger partial charge on any atom is 0.308 e. The number of aliphatic carboxylic acids is 1. The third-order valence-electron chi connectivity index (χ3n) is 3.65. The van der Waals surface area contributed by atoms with Gasteiger partial charge < -0.3 is 14.7 Å². The first-order valence-electron chi connectivity index (χ1n) is 6.50. The van der Waals surface area contributed by atoms with E-state index >= 15 is 0 Å². The molecule has 0 aromatic carbocycles. The Kier molecular flexibility index (Phi) is 4.22. The minimum Gasteiger partial charge on any atom is -0.495 e. The molecule has 1 saturated heterocycles. The highest BCUT2D eigenvalue weighted by Gasteiger charge is 2.36. The molecular formula is C14H18N2O4. The Labute approximate surface area is 117 Å². The van der Waals surface area contributed by atoms with Gasteiger partial charge in [0.15, 0.2) is 0 Å². The van der Waals surface area contributed by atoms with Gasteiger partial charge in [-0.1, -0.05) is 6.92 Å². The zero-order valence-electron chi connectivity index (χ0n) is 11.6. The molecule has 2 heterocycles. The van der Waals surface area contributed by atoms with Gasteiger partial charge in [0.1, 0.15) is 5.75 Å². The van der Waals surface area contributed by atoms with Crippen molar-refractivity contribution in [1.82, 2.24) is 9.88 Å². The van der Waals surface area contributed by atoms with Crippen LogP contribution in [-0.2, 0) is 16.0 Å². The Bertz CT molecular complexity index is 500. The number of rotatable bonds is 4. The fraction of sp³-hybridized carbons (Fsp3) is 0.500. The maximum atomic E-state index is 12.1. The molecule has 1 amide bonds. The van der Waals surface area contributed by atoms with E-state index < -0.39 is 11.9 Å². The van der Waals surface area contributed by atoms with E-state index in [1.54, 1.807) is 30.3 Å². The number of hydrogen-bond acceptors (Lipinski definition) is 4. The summed E-state index contributed by atoms with van der Waals surface area (Å²) < 4.78 is 5.01. The van der Waals surface area contributed by atoms with Gasteiger partial charge in [0.2, 0.25) is 5.91 Å². The molecule has 0 aliphatic carbocycles. The second kappa shape index (κ2) is 5.90. The van der Waals surface area contributed by atoms with E-state index in [0.717, 1.165) is 0 Å². The van der Waals surface area contributed by atoms with Crippen LogP contribution in [0.3, 0.4) is 0 Å². The molecular weight excluding hydrogens is 260 g/mol. The van der Waals surface area contributed by atoms with Crippen LogP contribution in [-0.4, -0.2) is 47.1 Å². The highest BCUT2D eigenvalue weighted by Crippen LogP contribution is 2.23. The van der Waals surface area contributed by atoms with Crippen LogP contribution in [0.2, 0.25) is 0 Å². The molecule has 6 heteroatoms. The quantitative estimate of drug-likeness (QED) is 0.881. The molecule has 0 bridgehead atoms. The number of carboxylic acid groups (broad SMARTS) is 1. The number of nitrogens with zero attached hydrogens (tertiary/aromatic N) is 2. The molecule has 1 aliphatic rings. The van der Waals surface area contributed by atoms with Crippen LogP contribution in [0.4, 0.5) is 0 Å². The van der Waals surface area contributed by atoms with Gasteiger partial charge in [-0.15, -0.1) is 0 Å². The number of likely N-dealkylation sites (tertiary alicyclic amines) is 1. The number of carbonyl (C=O) groups excluding carboxylic acids is 1. The standard InChI is InChI=1S/C14H18N2O4/c1-9-7-16(8-12(9)14(18)19)13(17)5-10-3-4-11(20-2)6-15-10/h3-4,6,9,12H,5,7-8H2,1-2H3,(H,18,19)/t9-,12-/m1/s1. The minimum atomic E-state index is -0.838. The smallest absolute Gasteiger partial charge is 0.308 e. The number of hydrogen-bond donors (Lipinski definition) is 1. The molecule has 108 valence electrons. The van der Waals surface area contributed by atoms with Crippen molar-refractivity contribution in [1.29, 1.82) is 0 Å². The number of carbonyl (C=O) groups is 2. The molecule has 0 saturated carbocycles. The average Bonchev–Trinajstić information content (AvgIpc) is 2.82. The molecule has 0 unspecified atom stereocenters. The zero-order valence-corrected chi connectivity index (χ0v) is 11.6. The summed E-state index contributed by atoms with van der Waals surface area (Å²) in [5.74, 6) is -0.765. The third-order valence-corrected chi connectivity index (χ3v) is 3.65. The van der Waals surface area contributed by atoms with Crippen LogP contribution in [0.15, 0.2) is 18.3 Å². The lowest BCUT2D eigenvalue weighted by Gasteiger charge is -2.15. The summed E-state index contributed by atoms with van der Waals surface area (Å²) in [6.07, 6.45) is 1.75. The summed E-state index contributed by atoms with van der Waals surface area (Å²) >= 11 is 0. The highest BCUT2D eigenvalue weighted by molar-refractivity contribution is 5.80. The number of ether oxygens (including phenoxy) is 1. The largest absolute Gasteiger partial charge is 0.495 e. The number of pyridine rings is 1. The first-order chi connectivity index (χ1) is 9.51. The maximum absolute atomic E-state index is 12.1. The van der Waals surface area contributed by atoms with E-state index in [-0.39, 0.29) is 24.8 Å². The van der Waals surface area contributed by atoms with Gasteiger partial charge in [0.05, 0.1) is 25.6 Å². The summed E-state index contributed by atoms with van der Waals surface area (Å²) in [6, 6.07) is 3.49. The number of methoxy groups -OCH3 is 1. The van der Waals surface area contributed by atoms with E-state index in [0.29, 0.717) is 18.0 Å². The molecule has 1 N–H and O–H groups in total. The topological polar surface area (TPSA) is 79.7 Å². The van der Waals surface area contributed by atoms with E-state index in [1.807, 2.05) is 6.92 Å². The van der Waals surface area contributed by atoms with Gasteiger partial charge in [-0.25, -0.2) is 0 Å². The van der Waals surface area contributed by atoms with Crippen molar-refractivity contribution in [3.8, 4) is 5.75 Å². The summed E-state index contributed by atoms with van der Waals surface area (Å²) in [4.78, 5) is 28.9. The van der Waals surface area contributed by atoms with E-state index in [2.05, 4.69) is 4.98 Å². The van der Waals surface area contributed by atoms with E-state index in [9.17, 15) is 9.59 Å². The molecule has 0 radical (unpaired) electrons. The highest BCUT2D eigenvalue weighted by atomic mass is 16.5. The molecule has 2 rings (SSSR count). The van der Waals surface area contributed by atoms with Gasteiger partial charge in [0.25, 0.3) is 0 Å². The second-order valence-corrected chi connectivity index (χ2v) is 5.09. The Morgan fingerprint density at radius 3 is 2.70 bits per heavy atom. The summed E-state index contributed by atoms with van der Waals surface area (Å²) in [5.41, 5.74) is 0.655. The zero-order chi connectivity index (χ0) is 14.7. The Morgan fingerprint density at radius 1 is 1.45 bits per heavy atom. The average molecular weight is 278 g/mol. The van der Waals surface area contributed by atoms with Gasteiger partial charge in [-0.05, 0) is 18.1 Å². The molecule has 1 fully saturated rings. The van der Waals surface area contributed by atoms with Crippen molar-refractivity contribution in [2.24, 2.45) is 11.8 Å². The number of amides is 1. The lowest BCUT2D eigenvalue weighted by Crippen LogP contribution is -2.31. The minimum absolute atomic E-state index is 0.0136. The monoisotopic (exact) mass is 278 g/mol. The van der Waals surface area contributed by atoms with Gasteiger partial charge in [-0.2, -0.15) is 0 Å². The van der Waals surface area contributed by atoms with Crippen molar-refractivity contribution < 1.29 is 19.4 Å². The van der Waals surface area contributed by atoms with Crippen molar-refractivity contribution in [2.75, 3.05) is 20.2 Å². The molecule has 0 spiro atoms. The van der Waals surface area contributed by atoms with Crippen LogP contribution in [0.25, 0.3) is 0 Å².